The van der Waals surface area contributed by atoms with E-state index in [0.29, 0.717) is 12.2 Å². The van der Waals surface area contributed by atoms with Crippen molar-refractivity contribution in [3.63, 3.8) is 0 Å². The summed E-state index contributed by atoms with van der Waals surface area (Å²) in [5.74, 6) is 0. The molecule has 0 aliphatic carbocycles. The van der Waals surface area contributed by atoms with Crippen molar-refractivity contribution in [3.05, 3.63) is 51.8 Å². The fourth-order valence-electron chi connectivity index (χ4n) is 1.54. The topological polar surface area (TPSA) is 94.1 Å². The Balaban J connectivity index is 2.17. The van der Waals surface area contributed by atoms with E-state index < -0.39 is 11.0 Å². The zero-order chi connectivity index (χ0) is 13.1. The Morgan fingerprint density at radius 1 is 1.56 bits per heavy atom. The summed E-state index contributed by atoms with van der Waals surface area (Å²) in [6.45, 7) is 1.98. The number of benzene rings is 1. The van der Waals surface area contributed by atoms with E-state index in [9.17, 15) is 15.2 Å². The van der Waals surface area contributed by atoms with E-state index in [1.165, 1.54) is 16.8 Å². The van der Waals surface area contributed by atoms with Gasteiger partial charge in [0.2, 0.25) is 0 Å². The van der Waals surface area contributed by atoms with E-state index in [2.05, 4.69) is 10.3 Å². The van der Waals surface area contributed by atoms with Crippen LogP contribution in [0.25, 0.3) is 0 Å². The smallest absolute Gasteiger partial charge is 0.269 e. The van der Waals surface area contributed by atoms with Crippen LogP contribution >= 0.6 is 0 Å². The first kappa shape index (κ1) is 12.2. The van der Waals surface area contributed by atoms with Gasteiger partial charge in [0.15, 0.2) is 0 Å². The highest BCUT2D eigenvalue weighted by Crippen LogP contribution is 2.14. The van der Waals surface area contributed by atoms with Crippen molar-refractivity contribution in [2.75, 3.05) is 0 Å². The lowest BCUT2D eigenvalue weighted by atomic mass is 10.2. The average Bonchev–Trinajstić information content (AvgIpc) is 2.78. The predicted molar refractivity (Wildman–Crippen MR) is 62.9 cm³/mol. The van der Waals surface area contributed by atoms with Crippen molar-refractivity contribution in [1.82, 2.24) is 15.0 Å². The van der Waals surface area contributed by atoms with Gasteiger partial charge in [0, 0.05) is 12.1 Å². The summed E-state index contributed by atoms with van der Waals surface area (Å²) < 4.78 is 1.53. The van der Waals surface area contributed by atoms with Crippen molar-refractivity contribution >= 4 is 5.69 Å². The van der Waals surface area contributed by atoms with E-state index in [4.69, 9.17) is 0 Å². The minimum atomic E-state index is -0.677. The number of non-ortho nitro benzene ring substituents is 1. The molecule has 0 saturated carbocycles. The molecule has 1 unspecified atom stereocenters. The summed E-state index contributed by atoms with van der Waals surface area (Å²) >= 11 is 0. The SMILES string of the molecule is CC(O)c1cn(Cc2cccc([N+](=O)[O-])c2)nn1. The molecule has 1 heterocycles. The van der Waals surface area contributed by atoms with Crippen molar-refractivity contribution in [1.29, 1.82) is 0 Å². The maximum atomic E-state index is 10.6. The third kappa shape index (κ3) is 2.69. The molecular formula is C11H12N4O3. The Morgan fingerprint density at radius 2 is 2.33 bits per heavy atom. The second-order valence-corrected chi connectivity index (χ2v) is 3.94. The quantitative estimate of drug-likeness (QED) is 0.649. The second kappa shape index (κ2) is 4.92. The molecule has 0 saturated heterocycles. The minimum absolute atomic E-state index is 0.0448. The monoisotopic (exact) mass is 248 g/mol. The number of nitro groups is 1. The molecular weight excluding hydrogens is 236 g/mol. The standard InChI is InChI=1S/C11H12N4O3/c1-8(16)11-7-14(13-12-11)6-9-3-2-4-10(5-9)15(17)18/h2-5,7-8,16H,6H2,1H3. The number of aromatic nitrogens is 3. The lowest BCUT2D eigenvalue weighted by Gasteiger charge is -2.00. The molecule has 0 radical (unpaired) electrons. The molecule has 94 valence electrons. The van der Waals surface area contributed by atoms with Crippen molar-refractivity contribution < 1.29 is 10.0 Å². The van der Waals surface area contributed by atoms with Crippen LogP contribution < -0.4 is 0 Å². The summed E-state index contributed by atoms with van der Waals surface area (Å²) in [5.41, 5.74) is 1.27. The lowest BCUT2D eigenvalue weighted by Crippen LogP contribution is -2.01. The van der Waals surface area contributed by atoms with E-state index in [0.717, 1.165) is 5.56 Å². The van der Waals surface area contributed by atoms with Crippen LogP contribution in [-0.4, -0.2) is 25.0 Å². The Bertz CT molecular complexity index is 565. The van der Waals surface area contributed by atoms with Crippen LogP contribution in [0.1, 0.15) is 24.3 Å². The van der Waals surface area contributed by atoms with E-state index >= 15 is 0 Å². The van der Waals surface area contributed by atoms with Crippen molar-refractivity contribution in [2.45, 2.75) is 19.6 Å². The molecule has 7 heteroatoms. The average molecular weight is 248 g/mol. The third-order valence-corrected chi connectivity index (χ3v) is 2.45. The highest BCUT2D eigenvalue weighted by Gasteiger charge is 2.09. The predicted octanol–water partition coefficient (Wildman–Crippen LogP) is 1.29. The molecule has 1 N–H and O–H groups in total. The Morgan fingerprint density at radius 3 is 2.94 bits per heavy atom. The molecule has 1 aromatic carbocycles. The van der Waals surface area contributed by atoms with Crippen LogP contribution in [0.5, 0.6) is 0 Å². The summed E-state index contributed by atoms with van der Waals surface area (Å²) in [6.07, 6.45) is 0.938. The van der Waals surface area contributed by atoms with Gasteiger partial charge in [-0.25, -0.2) is 4.68 Å². The number of aliphatic hydroxyl groups excluding tert-OH is 1. The van der Waals surface area contributed by atoms with Gasteiger partial charge in [-0.3, -0.25) is 10.1 Å². The van der Waals surface area contributed by atoms with Crippen LogP contribution in [0.3, 0.4) is 0 Å². The number of nitro benzene ring substituents is 1. The number of hydrogen-bond acceptors (Lipinski definition) is 5. The first-order chi connectivity index (χ1) is 8.56. The maximum Gasteiger partial charge on any atom is 0.269 e. The van der Waals surface area contributed by atoms with Gasteiger partial charge in [-0.1, -0.05) is 17.3 Å². The van der Waals surface area contributed by atoms with Gasteiger partial charge in [-0.05, 0) is 12.5 Å². The first-order valence-corrected chi connectivity index (χ1v) is 5.37. The highest BCUT2D eigenvalue weighted by molar-refractivity contribution is 5.34. The molecule has 0 aliphatic rings. The highest BCUT2D eigenvalue weighted by atomic mass is 16.6. The fourth-order valence-corrected chi connectivity index (χ4v) is 1.54. The van der Waals surface area contributed by atoms with Gasteiger partial charge in [0.25, 0.3) is 5.69 Å². The minimum Gasteiger partial charge on any atom is -0.387 e. The van der Waals surface area contributed by atoms with Gasteiger partial charge in [0.1, 0.15) is 5.69 Å². The largest absolute Gasteiger partial charge is 0.387 e. The Hall–Kier alpha value is -2.28. The van der Waals surface area contributed by atoms with Gasteiger partial charge in [-0.15, -0.1) is 5.10 Å². The van der Waals surface area contributed by atoms with Crippen LogP contribution in [0.4, 0.5) is 5.69 Å². The Labute approximate surface area is 103 Å². The molecule has 0 amide bonds. The van der Waals surface area contributed by atoms with Crippen molar-refractivity contribution in [3.8, 4) is 0 Å². The van der Waals surface area contributed by atoms with Gasteiger partial charge in [0.05, 0.1) is 23.8 Å². The molecule has 0 spiro atoms. The molecule has 18 heavy (non-hydrogen) atoms. The number of nitrogens with zero attached hydrogens (tertiary/aromatic N) is 4. The van der Waals surface area contributed by atoms with Crippen LogP contribution in [0.15, 0.2) is 30.5 Å². The summed E-state index contributed by atoms with van der Waals surface area (Å²) in [6, 6.07) is 6.33. The second-order valence-electron chi connectivity index (χ2n) is 3.94. The van der Waals surface area contributed by atoms with Gasteiger partial charge < -0.3 is 5.11 Å². The summed E-state index contributed by atoms with van der Waals surface area (Å²) in [7, 11) is 0. The molecule has 0 fully saturated rings. The van der Waals surface area contributed by atoms with E-state index in [1.54, 1.807) is 25.3 Å². The zero-order valence-corrected chi connectivity index (χ0v) is 9.72. The zero-order valence-electron chi connectivity index (χ0n) is 9.72. The van der Waals surface area contributed by atoms with Crippen LogP contribution in [0.2, 0.25) is 0 Å². The number of aliphatic hydroxyl groups is 1. The molecule has 0 bridgehead atoms. The lowest BCUT2D eigenvalue weighted by molar-refractivity contribution is -0.384. The molecule has 2 aromatic rings. The van der Waals surface area contributed by atoms with Crippen LogP contribution in [0, 0.1) is 10.1 Å². The molecule has 1 aromatic heterocycles. The normalized spacial score (nSPS) is 12.3. The maximum absolute atomic E-state index is 10.6. The fraction of sp³-hybridized carbons (Fsp3) is 0.273. The number of rotatable bonds is 4. The molecule has 2 rings (SSSR count). The first-order valence-electron chi connectivity index (χ1n) is 5.37. The molecule has 1 atom stereocenters. The van der Waals surface area contributed by atoms with E-state index in [-0.39, 0.29) is 5.69 Å². The molecule has 7 nitrogen and oxygen atoms in total. The summed E-state index contributed by atoms with van der Waals surface area (Å²) in [5, 5.41) is 27.6. The van der Waals surface area contributed by atoms with Gasteiger partial charge in [-0.2, -0.15) is 0 Å². The Kier molecular flexibility index (Phi) is 3.33. The molecule has 0 aliphatic heterocycles. The van der Waals surface area contributed by atoms with E-state index in [1.807, 2.05) is 0 Å². The van der Waals surface area contributed by atoms with Crippen molar-refractivity contribution in [2.24, 2.45) is 0 Å². The third-order valence-electron chi connectivity index (χ3n) is 2.45. The summed E-state index contributed by atoms with van der Waals surface area (Å²) in [4.78, 5) is 10.2. The number of hydrogen-bond donors (Lipinski definition) is 1. The van der Waals surface area contributed by atoms with Crippen LogP contribution in [-0.2, 0) is 6.54 Å². The van der Waals surface area contributed by atoms with Gasteiger partial charge >= 0.3 is 0 Å².